The average Bonchev–Trinajstić information content (AvgIpc) is 3.23. The van der Waals surface area contributed by atoms with E-state index in [0.717, 1.165) is 19.3 Å². The number of benzene rings is 1. The van der Waals surface area contributed by atoms with E-state index in [0.29, 0.717) is 18.5 Å². The number of halogens is 2. The second-order valence-electron chi connectivity index (χ2n) is 6.22. The number of rotatable bonds is 5. The molecule has 24 heavy (non-hydrogen) atoms. The highest BCUT2D eigenvalue weighted by molar-refractivity contribution is 5.86. The number of likely N-dealkylation sites (N-methyl/N-ethyl adjacent to an activating group) is 1. The quantitative estimate of drug-likeness (QED) is 0.846. The third-order valence-electron chi connectivity index (χ3n) is 4.55. The van der Waals surface area contributed by atoms with Crippen LogP contribution in [0.25, 0.3) is 0 Å². The number of carbonyl (C=O) groups is 2. The Bertz CT molecular complexity index is 609. The lowest BCUT2D eigenvalue weighted by Gasteiger charge is -2.31. The van der Waals surface area contributed by atoms with Crippen LogP contribution in [0.1, 0.15) is 37.3 Å². The van der Waals surface area contributed by atoms with Gasteiger partial charge in [0.1, 0.15) is 11.9 Å². The van der Waals surface area contributed by atoms with Crippen molar-refractivity contribution in [2.75, 3.05) is 13.6 Å². The molecule has 1 saturated carbocycles. The monoisotopic (exact) mass is 355 g/mol. The minimum atomic E-state index is -0.779. The van der Waals surface area contributed by atoms with Crippen LogP contribution in [0.15, 0.2) is 24.3 Å². The highest BCUT2D eigenvalue weighted by atomic mass is 35.5. The molecule has 132 valence electrons. The average molecular weight is 356 g/mol. The fraction of sp³-hybridized carbons (Fsp3) is 0.529. The minimum Gasteiger partial charge on any atom is -0.358 e. The molecule has 1 aromatic rings. The van der Waals surface area contributed by atoms with Gasteiger partial charge < -0.3 is 10.6 Å². The van der Waals surface area contributed by atoms with Crippen molar-refractivity contribution in [3.8, 4) is 0 Å². The molecule has 0 radical (unpaired) electrons. The lowest BCUT2D eigenvalue weighted by atomic mass is 10.0. The van der Waals surface area contributed by atoms with Crippen LogP contribution < -0.4 is 10.6 Å². The highest BCUT2D eigenvalue weighted by Crippen LogP contribution is 2.32. The smallest absolute Gasteiger partial charge is 0.241 e. The second kappa shape index (κ2) is 7.94. The van der Waals surface area contributed by atoms with Gasteiger partial charge in [-0.3, -0.25) is 14.5 Å². The Hall–Kier alpha value is -1.66. The molecule has 0 bridgehead atoms. The Morgan fingerprint density at radius 1 is 1.25 bits per heavy atom. The Morgan fingerprint density at radius 3 is 2.58 bits per heavy atom. The molecular formula is C17H23ClFN3O2. The van der Waals surface area contributed by atoms with Crippen molar-refractivity contribution < 1.29 is 14.0 Å². The van der Waals surface area contributed by atoms with Gasteiger partial charge in [0, 0.05) is 25.2 Å². The Labute approximate surface area is 147 Å². The van der Waals surface area contributed by atoms with E-state index in [1.54, 1.807) is 18.2 Å². The molecule has 1 saturated heterocycles. The maximum absolute atomic E-state index is 14.2. The third-order valence-corrected chi connectivity index (χ3v) is 4.55. The van der Waals surface area contributed by atoms with E-state index in [9.17, 15) is 14.0 Å². The van der Waals surface area contributed by atoms with Gasteiger partial charge in [0.25, 0.3) is 0 Å². The molecule has 2 amide bonds. The molecule has 1 heterocycles. The summed E-state index contributed by atoms with van der Waals surface area (Å²) in [6, 6.07) is 5.39. The number of hydrogen-bond acceptors (Lipinski definition) is 3. The van der Waals surface area contributed by atoms with Crippen LogP contribution in [0.3, 0.4) is 0 Å². The van der Waals surface area contributed by atoms with Crippen LogP contribution in [-0.4, -0.2) is 42.4 Å². The van der Waals surface area contributed by atoms with Crippen LogP contribution in [0.4, 0.5) is 4.39 Å². The zero-order valence-corrected chi connectivity index (χ0v) is 14.4. The summed E-state index contributed by atoms with van der Waals surface area (Å²) < 4.78 is 14.2. The first kappa shape index (κ1) is 18.7. The summed E-state index contributed by atoms with van der Waals surface area (Å²) in [7, 11) is 1.53. The standard InChI is InChI=1S/C17H22FN3O2.ClH/c1-19-17(23)15(12-5-2-3-6-13(12)18)21-10-4-7-14(21)16(22)20-11-8-9-11;/h2-3,5-6,11,14-15H,4,7-10H2,1H3,(H,19,23)(H,20,22);1H/t14-,15+;/m0./s1. The summed E-state index contributed by atoms with van der Waals surface area (Å²) in [5, 5.41) is 5.60. The first-order valence-corrected chi connectivity index (χ1v) is 8.14. The van der Waals surface area contributed by atoms with E-state index < -0.39 is 11.9 Å². The van der Waals surface area contributed by atoms with Crippen molar-refractivity contribution in [1.29, 1.82) is 0 Å². The number of carbonyl (C=O) groups excluding carboxylic acids is 2. The van der Waals surface area contributed by atoms with Gasteiger partial charge in [0.2, 0.25) is 11.8 Å². The lowest BCUT2D eigenvalue weighted by Crippen LogP contribution is -2.49. The number of nitrogens with zero attached hydrogens (tertiary/aromatic N) is 1. The number of hydrogen-bond donors (Lipinski definition) is 2. The molecule has 3 rings (SSSR count). The van der Waals surface area contributed by atoms with Gasteiger partial charge >= 0.3 is 0 Å². The maximum atomic E-state index is 14.2. The Kier molecular flexibility index (Phi) is 6.18. The number of amides is 2. The van der Waals surface area contributed by atoms with Crippen molar-refractivity contribution in [3.63, 3.8) is 0 Å². The van der Waals surface area contributed by atoms with Crippen molar-refractivity contribution in [1.82, 2.24) is 15.5 Å². The molecule has 2 atom stereocenters. The molecule has 1 aliphatic heterocycles. The van der Waals surface area contributed by atoms with Gasteiger partial charge in [0.15, 0.2) is 0 Å². The molecule has 0 aromatic heterocycles. The van der Waals surface area contributed by atoms with Crippen molar-refractivity contribution in [2.45, 2.75) is 43.8 Å². The summed E-state index contributed by atoms with van der Waals surface area (Å²) in [5.41, 5.74) is 0.318. The maximum Gasteiger partial charge on any atom is 0.241 e. The molecule has 0 spiro atoms. The van der Waals surface area contributed by atoms with E-state index in [1.807, 2.05) is 4.90 Å². The largest absolute Gasteiger partial charge is 0.358 e. The number of nitrogens with one attached hydrogen (secondary N) is 2. The lowest BCUT2D eigenvalue weighted by molar-refractivity contribution is -0.131. The van der Waals surface area contributed by atoms with Crippen molar-refractivity contribution >= 4 is 24.2 Å². The highest BCUT2D eigenvalue weighted by Gasteiger charge is 2.41. The summed E-state index contributed by atoms with van der Waals surface area (Å²) in [5.74, 6) is -0.759. The van der Waals surface area contributed by atoms with Crippen LogP contribution >= 0.6 is 12.4 Å². The van der Waals surface area contributed by atoms with Crippen LogP contribution in [0, 0.1) is 5.82 Å². The molecule has 5 nitrogen and oxygen atoms in total. The molecule has 0 unspecified atom stereocenters. The summed E-state index contributed by atoms with van der Waals surface area (Å²) in [6.45, 7) is 0.606. The van der Waals surface area contributed by atoms with Gasteiger partial charge in [-0.15, -0.1) is 12.4 Å². The van der Waals surface area contributed by atoms with E-state index in [-0.39, 0.29) is 36.3 Å². The zero-order valence-electron chi connectivity index (χ0n) is 13.6. The molecule has 2 fully saturated rings. The van der Waals surface area contributed by atoms with Crippen molar-refractivity contribution in [2.24, 2.45) is 0 Å². The predicted molar refractivity (Wildman–Crippen MR) is 91.3 cm³/mol. The third kappa shape index (κ3) is 3.87. The molecule has 1 aliphatic carbocycles. The van der Waals surface area contributed by atoms with E-state index in [2.05, 4.69) is 10.6 Å². The van der Waals surface area contributed by atoms with E-state index in [4.69, 9.17) is 0 Å². The second-order valence-corrected chi connectivity index (χ2v) is 6.22. The van der Waals surface area contributed by atoms with Crippen molar-refractivity contribution in [3.05, 3.63) is 35.6 Å². The summed E-state index contributed by atoms with van der Waals surface area (Å²) >= 11 is 0. The van der Waals surface area contributed by atoms with Crippen LogP contribution in [-0.2, 0) is 9.59 Å². The Balaban J connectivity index is 0.00000208. The predicted octanol–water partition coefficient (Wildman–Crippen LogP) is 1.78. The molecule has 2 aliphatic rings. The summed E-state index contributed by atoms with van der Waals surface area (Å²) in [6.07, 6.45) is 3.56. The SMILES string of the molecule is CNC(=O)[C@@H](c1ccccc1F)N1CCC[C@H]1C(=O)NC1CC1.Cl. The molecule has 2 N–H and O–H groups in total. The first-order chi connectivity index (χ1) is 11.1. The fourth-order valence-electron chi connectivity index (χ4n) is 3.21. The van der Waals surface area contributed by atoms with Gasteiger partial charge in [-0.25, -0.2) is 4.39 Å². The van der Waals surface area contributed by atoms with Crippen LogP contribution in [0.5, 0.6) is 0 Å². The van der Waals surface area contributed by atoms with E-state index >= 15 is 0 Å². The minimum absolute atomic E-state index is 0. The van der Waals surface area contributed by atoms with Gasteiger partial charge in [-0.05, 0) is 31.7 Å². The normalized spacial score (nSPS) is 21.7. The fourth-order valence-corrected chi connectivity index (χ4v) is 3.21. The molecule has 7 heteroatoms. The first-order valence-electron chi connectivity index (χ1n) is 8.14. The molecule has 1 aromatic carbocycles. The van der Waals surface area contributed by atoms with Gasteiger partial charge in [-0.1, -0.05) is 18.2 Å². The van der Waals surface area contributed by atoms with Gasteiger partial charge in [-0.2, -0.15) is 0 Å². The topological polar surface area (TPSA) is 61.4 Å². The van der Waals surface area contributed by atoms with Crippen LogP contribution in [0.2, 0.25) is 0 Å². The van der Waals surface area contributed by atoms with Gasteiger partial charge in [0.05, 0.1) is 6.04 Å². The zero-order chi connectivity index (χ0) is 16.4. The summed E-state index contributed by atoms with van der Waals surface area (Å²) in [4.78, 5) is 26.7. The van der Waals surface area contributed by atoms with E-state index in [1.165, 1.54) is 13.1 Å². The number of likely N-dealkylation sites (tertiary alicyclic amines) is 1. The molecular weight excluding hydrogens is 333 g/mol. The Morgan fingerprint density at radius 2 is 1.96 bits per heavy atom.